The van der Waals surface area contributed by atoms with Crippen LogP contribution in [0.4, 0.5) is 20.3 Å². The van der Waals surface area contributed by atoms with E-state index in [2.05, 4.69) is 19.6 Å². The third kappa shape index (κ3) is 6.08. The van der Waals surface area contributed by atoms with Crippen LogP contribution in [0.25, 0.3) is 10.8 Å². The number of fused-ring (bicyclic) bond motifs is 6. The number of phenols is 1. The molecule has 55 heavy (non-hydrogen) atoms. The van der Waals surface area contributed by atoms with Gasteiger partial charge in [-0.3, -0.25) is 14.4 Å². The number of aromatic hydroxyl groups is 1. The van der Waals surface area contributed by atoms with Gasteiger partial charge in [0.15, 0.2) is 5.69 Å². The Morgan fingerprint density at radius 2 is 1.93 bits per heavy atom. The Labute approximate surface area is 320 Å². The number of likely N-dealkylation sites (tertiary alicyclic amines) is 1. The molecule has 7 heterocycles. The average molecular weight is 753 g/mol. The van der Waals surface area contributed by atoms with E-state index in [4.69, 9.17) is 19.8 Å². The van der Waals surface area contributed by atoms with Gasteiger partial charge < -0.3 is 24.5 Å². The summed E-state index contributed by atoms with van der Waals surface area (Å²) in [6.07, 6.45) is 8.07. The van der Waals surface area contributed by atoms with Gasteiger partial charge in [-0.05, 0) is 93.0 Å². The van der Waals surface area contributed by atoms with Crippen molar-refractivity contribution in [3.05, 3.63) is 64.4 Å². The molecule has 3 saturated heterocycles. The highest BCUT2D eigenvalue weighted by atomic mass is 19.1. The SMILES string of the molecule is CCc1c(F)ccc2cc(O)cc(N3CCc4c(nc(OC[C@@]56CCCN5C[C@H](F)C6)nc4N4CCCn5nc(C(=O)N6CC7CCCC6C7)cc5C4)C3)c12. The van der Waals surface area contributed by atoms with E-state index >= 15 is 4.39 Å². The van der Waals surface area contributed by atoms with Gasteiger partial charge in [0.05, 0.1) is 30.0 Å². The predicted molar refractivity (Wildman–Crippen MR) is 205 cm³/mol. The van der Waals surface area contributed by atoms with Gasteiger partial charge in [0.2, 0.25) is 0 Å². The summed E-state index contributed by atoms with van der Waals surface area (Å²) in [6.45, 7) is 7.46. The van der Waals surface area contributed by atoms with E-state index in [0.29, 0.717) is 81.8 Å². The zero-order valence-electron chi connectivity index (χ0n) is 31.7. The highest BCUT2D eigenvalue weighted by Crippen LogP contribution is 2.42. The van der Waals surface area contributed by atoms with E-state index in [1.807, 2.05) is 17.7 Å². The van der Waals surface area contributed by atoms with Crippen LogP contribution in [0.3, 0.4) is 0 Å². The number of rotatable bonds is 7. The summed E-state index contributed by atoms with van der Waals surface area (Å²) in [6, 6.07) is 9.21. The lowest BCUT2D eigenvalue weighted by Crippen LogP contribution is -2.43. The molecule has 1 aliphatic carbocycles. The van der Waals surface area contributed by atoms with Gasteiger partial charge in [-0.1, -0.05) is 19.4 Å². The standard InChI is InChI=1S/C42H50F2N8O3/c1-2-32-34(44)9-8-27-17-31(53)19-37(38(27)32)48-15-10-33-36(24-48)45-41(55-25-42-11-4-13-50(42)22-28(43)20-42)46-39(33)49-12-5-14-52-30(23-49)18-35(47-52)40(54)51-21-26-6-3-7-29(51)16-26/h8-9,17-19,26,28-29,53H,2-7,10-16,20-25H2,1H3/t26?,28-,29?,42+/m1/s1. The van der Waals surface area contributed by atoms with Crippen molar-refractivity contribution in [2.45, 2.75) is 109 Å². The Hall–Kier alpha value is -4.52. The summed E-state index contributed by atoms with van der Waals surface area (Å²) in [5.41, 5.74) is 4.42. The molecule has 6 aliphatic rings. The molecule has 0 spiro atoms. The molecule has 1 amide bonds. The van der Waals surface area contributed by atoms with Crippen LogP contribution < -0.4 is 14.5 Å². The molecule has 2 aromatic heterocycles. The predicted octanol–water partition coefficient (Wildman–Crippen LogP) is 6.18. The Bertz CT molecular complexity index is 2160. The smallest absolute Gasteiger partial charge is 0.318 e. The molecule has 2 aromatic carbocycles. The van der Waals surface area contributed by atoms with Crippen LogP contribution in [0, 0.1) is 11.7 Å². The molecule has 2 unspecified atom stereocenters. The number of hydrogen-bond acceptors (Lipinski definition) is 9. The first kappa shape index (κ1) is 34.9. The number of hydrogen-bond donors (Lipinski definition) is 1. The largest absolute Gasteiger partial charge is 0.508 e. The lowest BCUT2D eigenvalue weighted by atomic mass is 9.90. The number of alkyl halides is 1. The summed E-state index contributed by atoms with van der Waals surface area (Å²) in [4.78, 5) is 32.7. The summed E-state index contributed by atoms with van der Waals surface area (Å²) < 4.78 is 38.4. The number of halogens is 2. The fourth-order valence-electron chi connectivity index (χ4n) is 10.9. The summed E-state index contributed by atoms with van der Waals surface area (Å²) in [7, 11) is 0. The lowest BCUT2D eigenvalue weighted by Gasteiger charge is -2.35. The molecular weight excluding hydrogens is 703 g/mol. The number of aromatic nitrogens is 4. The number of phenolic OH excluding ortho intramolecular Hbond substituents is 1. The molecule has 0 radical (unpaired) electrons. The second-order valence-electron chi connectivity index (χ2n) is 16.9. The number of nitrogens with zero attached hydrogens (tertiary/aromatic N) is 8. The summed E-state index contributed by atoms with van der Waals surface area (Å²) >= 11 is 0. The minimum absolute atomic E-state index is 0.0464. The highest BCUT2D eigenvalue weighted by molar-refractivity contribution is 5.98. The van der Waals surface area contributed by atoms with E-state index < -0.39 is 6.17 Å². The average Bonchev–Trinajstić information content (AvgIpc) is 3.89. The lowest BCUT2D eigenvalue weighted by molar-refractivity contribution is 0.0726. The minimum Gasteiger partial charge on any atom is -0.508 e. The fraction of sp³-hybridized carbons (Fsp3) is 0.571. The van der Waals surface area contributed by atoms with Crippen LogP contribution >= 0.6 is 0 Å². The Morgan fingerprint density at radius 1 is 1.02 bits per heavy atom. The first-order valence-corrected chi connectivity index (χ1v) is 20.5. The normalized spacial score (nSPS) is 26.3. The van der Waals surface area contributed by atoms with Crippen LogP contribution in [0.2, 0.25) is 0 Å². The van der Waals surface area contributed by atoms with E-state index in [9.17, 15) is 14.3 Å². The van der Waals surface area contributed by atoms with E-state index in [1.165, 1.54) is 18.9 Å². The molecule has 2 bridgehead atoms. The Morgan fingerprint density at radius 3 is 2.80 bits per heavy atom. The summed E-state index contributed by atoms with van der Waals surface area (Å²) in [5, 5.41) is 17.3. The monoisotopic (exact) mass is 752 g/mol. The topological polar surface area (TPSA) is 103 Å². The third-order valence-corrected chi connectivity index (χ3v) is 13.5. The van der Waals surface area contributed by atoms with Crippen LogP contribution in [-0.2, 0) is 32.5 Å². The molecule has 4 atom stereocenters. The molecular formula is C42H50F2N8O3. The maximum absolute atomic E-state index is 15.2. The molecule has 13 heteroatoms. The van der Waals surface area contributed by atoms with Crippen LogP contribution in [0.1, 0.15) is 91.3 Å². The zero-order valence-corrected chi connectivity index (χ0v) is 31.7. The van der Waals surface area contributed by atoms with Gasteiger partial charge in [-0.25, -0.2) is 8.78 Å². The van der Waals surface area contributed by atoms with Crippen molar-refractivity contribution >= 4 is 28.2 Å². The Balaban J connectivity index is 0.992. The zero-order chi connectivity index (χ0) is 37.4. The van der Waals surface area contributed by atoms with Crippen LogP contribution in [0.5, 0.6) is 11.8 Å². The maximum atomic E-state index is 15.2. The van der Waals surface area contributed by atoms with Crippen LogP contribution in [0.15, 0.2) is 30.3 Å². The second kappa shape index (κ2) is 13.6. The van der Waals surface area contributed by atoms with Crippen molar-refractivity contribution in [3.8, 4) is 11.8 Å². The van der Waals surface area contributed by atoms with Crippen molar-refractivity contribution in [2.75, 3.05) is 49.1 Å². The molecule has 4 fully saturated rings. The van der Waals surface area contributed by atoms with E-state index in [-0.39, 0.29) is 29.0 Å². The van der Waals surface area contributed by atoms with E-state index in [0.717, 1.165) is 91.0 Å². The second-order valence-corrected chi connectivity index (χ2v) is 16.9. The van der Waals surface area contributed by atoms with Gasteiger partial charge in [-0.2, -0.15) is 15.1 Å². The summed E-state index contributed by atoms with van der Waals surface area (Å²) in [5.74, 6) is 1.34. The molecule has 10 rings (SSSR count). The highest BCUT2D eigenvalue weighted by Gasteiger charge is 2.49. The quantitative estimate of drug-likeness (QED) is 0.237. The van der Waals surface area contributed by atoms with Crippen LogP contribution in [-0.4, -0.2) is 97.6 Å². The van der Waals surface area contributed by atoms with Gasteiger partial charge >= 0.3 is 6.01 Å². The van der Waals surface area contributed by atoms with Gasteiger partial charge in [0, 0.05) is 67.9 Å². The third-order valence-electron chi connectivity index (χ3n) is 13.5. The number of anilines is 2. The van der Waals surface area contributed by atoms with Crippen molar-refractivity contribution in [3.63, 3.8) is 0 Å². The van der Waals surface area contributed by atoms with E-state index in [1.54, 1.807) is 18.2 Å². The fourth-order valence-corrected chi connectivity index (χ4v) is 10.9. The van der Waals surface area contributed by atoms with Gasteiger partial charge in [-0.15, -0.1) is 0 Å². The maximum Gasteiger partial charge on any atom is 0.318 e. The number of amides is 1. The number of ether oxygens (including phenoxy) is 1. The molecule has 5 aliphatic heterocycles. The molecule has 1 N–H and O–H groups in total. The molecule has 11 nitrogen and oxygen atoms in total. The van der Waals surface area contributed by atoms with Crippen molar-refractivity contribution in [1.82, 2.24) is 29.5 Å². The van der Waals surface area contributed by atoms with Gasteiger partial charge in [0.25, 0.3) is 5.91 Å². The first-order chi connectivity index (χ1) is 26.7. The molecule has 290 valence electrons. The minimum atomic E-state index is -0.865. The number of aryl methyl sites for hydroxylation is 2. The number of carbonyl (C=O) groups is 1. The van der Waals surface area contributed by atoms with Crippen molar-refractivity contribution in [2.24, 2.45) is 5.92 Å². The number of benzene rings is 2. The van der Waals surface area contributed by atoms with Gasteiger partial charge in [0.1, 0.15) is 30.2 Å². The van der Waals surface area contributed by atoms with Crippen molar-refractivity contribution in [1.29, 1.82) is 0 Å². The Kier molecular flexibility index (Phi) is 8.64. The number of carbonyl (C=O) groups excluding carboxylic acids is 1. The molecule has 4 aromatic rings. The van der Waals surface area contributed by atoms with Crippen molar-refractivity contribution < 1.29 is 23.4 Å². The first-order valence-electron chi connectivity index (χ1n) is 20.5. The molecule has 1 saturated carbocycles.